The van der Waals surface area contributed by atoms with Gasteiger partial charge in [0.1, 0.15) is 17.1 Å². The number of carbonyl (C=O) groups is 1. The number of carboxylic acids is 1. The quantitative estimate of drug-likeness (QED) is 0.743. The predicted octanol–water partition coefficient (Wildman–Crippen LogP) is 3.99. The van der Waals surface area contributed by atoms with E-state index in [1.165, 1.54) is 12.5 Å². The SMILES string of the molecule is CCCCC(CC)COc1cc(OC)ccc1C(=O)O. The van der Waals surface area contributed by atoms with Crippen LogP contribution >= 0.6 is 0 Å². The van der Waals surface area contributed by atoms with Gasteiger partial charge in [0.15, 0.2) is 0 Å². The summed E-state index contributed by atoms with van der Waals surface area (Å²) in [4.78, 5) is 11.2. The molecule has 4 nitrogen and oxygen atoms in total. The number of aromatic carboxylic acids is 1. The summed E-state index contributed by atoms with van der Waals surface area (Å²) in [5.41, 5.74) is 0.177. The number of benzene rings is 1. The van der Waals surface area contributed by atoms with E-state index in [-0.39, 0.29) is 5.56 Å². The summed E-state index contributed by atoms with van der Waals surface area (Å²) in [6.45, 7) is 4.84. The molecule has 0 aliphatic carbocycles. The van der Waals surface area contributed by atoms with Crippen molar-refractivity contribution in [3.8, 4) is 11.5 Å². The molecule has 1 rings (SSSR count). The standard InChI is InChI=1S/C16H24O4/c1-4-6-7-12(5-2)11-20-15-10-13(19-3)8-9-14(15)16(17)18/h8-10,12H,4-7,11H2,1-3H3,(H,17,18). The van der Waals surface area contributed by atoms with E-state index in [0.717, 1.165) is 19.3 Å². The normalized spacial score (nSPS) is 11.9. The van der Waals surface area contributed by atoms with Crippen LogP contribution in [-0.2, 0) is 0 Å². The largest absolute Gasteiger partial charge is 0.497 e. The lowest BCUT2D eigenvalue weighted by molar-refractivity contribution is 0.0691. The van der Waals surface area contributed by atoms with Gasteiger partial charge in [0.05, 0.1) is 13.7 Å². The van der Waals surface area contributed by atoms with Crippen LogP contribution in [0.4, 0.5) is 0 Å². The Bertz CT molecular complexity index is 428. The predicted molar refractivity (Wildman–Crippen MR) is 78.8 cm³/mol. The number of ether oxygens (including phenoxy) is 2. The molecule has 1 atom stereocenters. The van der Waals surface area contributed by atoms with Crippen molar-refractivity contribution in [3.05, 3.63) is 23.8 Å². The molecule has 1 aromatic rings. The fourth-order valence-corrected chi connectivity index (χ4v) is 2.03. The average molecular weight is 280 g/mol. The van der Waals surface area contributed by atoms with Gasteiger partial charge < -0.3 is 14.6 Å². The van der Waals surface area contributed by atoms with Crippen LogP contribution in [0.15, 0.2) is 18.2 Å². The van der Waals surface area contributed by atoms with Gasteiger partial charge in [-0.2, -0.15) is 0 Å². The van der Waals surface area contributed by atoms with Crippen LogP contribution in [0.2, 0.25) is 0 Å². The molecule has 0 fully saturated rings. The summed E-state index contributed by atoms with van der Waals surface area (Å²) in [6.07, 6.45) is 4.48. The lowest BCUT2D eigenvalue weighted by Gasteiger charge is -2.17. The van der Waals surface area contributed by atoms with Crippen molar-refractivity contribution < 1.29 is 19.4 Å². The highest BCUT2D eigenvalue weighted by Crippen LogP contribution is 2.26. The van der Waals surface area contributed by atoms with Crippen LogP contribution in [0.5, 0.6) is 11.5 Å². The molecule has 20 heavy (non-hydrogen) atoms. The Hall–Kier alpha value is -1.71. The first-order chi connectivity index (χ1) is 9.62. The van der Waals surface area contributed by atoms with Crippen LogP contribution in [0.3, 0.4) is 0 Å². The van der Waals surface area contributed by atoms with Crippen molar-refractivity contribution in [2.24, 2.45) is 5.92 Å². The van der Waals surface area contributed by atoms with Gasteiger partial charge in [-0.3, -0.25) is 0 Å². The van der Waals surface area contributed by atoms with E-state index in [9.17, 15) is 9.90 Å². The van der Waals surface area contributed by atoms with E-state index in [0.29, 0.717) is 24.0 Å². The first kappa shape index (κ1) is 16.3. The molecule has 0 saturated carbocycles. The van der Waals surface area contributed by atoms with Crippen LogP contribution in [0.1, 0.15) is 49.9 Å². The van der Waals surface area contributed by atoms with Gasteiger partial charge in [0.25, 0.3) is 0 Å². The summed E-state index contributed by atoms with van der Waals surface area (Å²) in [5.74, 6) is 0.463. The van der Waals surface area contributed by atoms with Crippen LogP contribution < -0.4 is 9.47 Å². The fourth-order valence-electron chi connectivity index (χ4n) is 2.03. The maximum Gasteiger partial charge on any atom is 0.339 e. The highest BCUT2D eigenvalue weighted by molar-refractivity contribution is 5.91. The second-order valence-electron chi connectivity index (χ2n) is 4.89. The number of rotatable bonds is 9. The molecule has 0 saturated heterocycles. The molecule has 0 aliphatic heterocycles. The lowest BCUT2D eigenvalue weighted by Crippen LogP contribution is -2.13. The average Bonchev–Trinajstić information content (AvgIpc) is 2.47. The van der Waals surface area contributed by atoms with Crippen molar-refractivity contribution in [3.63, 3.8) is 0 Å². The minimum atomic E-state index is -0.982. The molecule has 0 bridgehead atoms. The summed E-state index contributed by atoms with van der Waals surface area (Å²) in [6, 6.07) is 4.78. The molecular weight excluding hydrogens is 256 g/mol. The zero-order valence-electron chi connectivity index (χ0n) is 12.5. The van der Waals surface area contributed by atoms with Crippen LogP contribution in [0.25, 0.3) is 0 Å². The second kappa shape index (κ2) is 8.46. The summed E-state index contributed by atoms with van der Waals surface area (Å²) >= 11 is 0. The number of carboxylic acid groups (broad SMARTS) is 1. The molecule has 4 heteroatoms. The first-order valence-electron chi connectivity index (χ1n) is 7.16. The Labute approximate surface area is 120 Å². The molecule has 0 radical (unpaired) electrons. The third-order valence-electron chi connectivity index (χ3n) is 3.44. The second-order valence-corrected chi connectivity index (χ2v) is 4.89. The zero-order valence-corrected chi connectivity index (χ0v) is 12.5. The van der Waals surface area contributed by atoms with Crippen molar-refractivity contribution in [2.45, 2.75) is 39.5 Å². The van der Waals surface area contributed by atoms with Crippen LogP contribution in [0, 0.1) is 5.92 Å². The minimum Gasteiger partial charge on any atom is -0.497 e. The molecule has 0 amide bonds. The van der Waals surface area contributed by atoms with Gasteiger partial charge >= 0.3 is 5.97 Å². The highest BCUT2D eigenvalue weighted by Gasteiger charge is 2.14. The molecule has 1 N–H and O–H groups in total. The summed E-state index contributed by atoms with van der Waals surface area (Å²) in [7, 11) is 1.55. The van der Waals surface area contributed by atoms with Gasteiger partial charge in [-0.25, -0.2) is 4.79 Å². The van der Waals surface area contributed by atoms with Crippen LogP contribution in [-0.4, -0.2) is 24.8 Å². The Balaban J connectivity index is 2.76. The highest BCUT2D eigenvalue weighted by atomic mass is 16.5. The summed E-state index contributed by atoms with van der Waals surface area (Å²) < 4.78 is 10.8. The number of hydrogen-bond acceptors (Lipinski definition) is 3. The molecule has 0 spiro atoms. The molecule has 0 heterocycles. The van der Waals surface area contributed by atoms with Gasteiger partial charge in [0.2, 0.25) is 0 Å². The molecule has 0 aliphatic rings. The Morgan fingerprint density at radius 1 is 1.35 bits per heavy atom. The van der Waals surface area contributed by atoms with Gasteiger partial charge in [0, 0.05) is 6.07 Å². The van der Waals surface area contributed by atoms with Gasteiger partial charge in [-0.1, -0.05) is 33.1 Å². The van der Waals surface area contributed by atoms with Crippen molar-refractivity contribution in [1.29, 1.82) is 0 Å². The van der Waals surface area contributed by atoms with Crippen molar-refractivity contribution in [2.75, 3.05) is 13.7 Å². The lowest BCUT2D eigenvalue weighted by atomic mass is 10.0. The first-order valence-corrected chi connectivity index (χ1v) is 7.16. The Morgan fingerprint density at radius 3 is 2.65 bits per heavy atom. The molecule has 0 aromatic heterocycles. The minimum absolute atomic E-state index is 0.177. The smallest absolute Gasteiger partial charge is 0.339 e. The van der Waals surface area contributed by atoms with E-state index < -0.39 is 5.97 Å². The number of methoxy groups -OCH3 is 1. The van der Waals surface area contributed by atoms with Gasteiger partial charge in [-0.05, 0) is 24.5 Å². The number of unbranched alkanes of at least 4 members (excludes halogenated alkanes) is 1. The van der Waals surface area contributed by atoms with Crippen molar-refractivity contribution >= 4 is 5.97 Å². The Kier molecular flexibility index (Phi) is 6.91. The van der Waals surface area contributed by atoms with E-state index in [1.54, 1.807) is 19.2 Å². The zero-order chi connectivity index (χ0) is 15.0. The van der Waals surface area contributed by atoms with Crippen molar-refractivity contribution in [1.82, 2.24) is 0 Å². The fraction of sp³-hybridized carbons (Fsp3) is 0.562. The van der Waals surface area contributed by atoms with E-state index in [4.69, 9.17) is 9.47 Å². The monoisotopic (exact) mass is 280 g/mol. The molecule has 1 aromatic carbocycles. The molecular formula is C16H24O4. The number of hydrogen-bond donors (Lipinski definition) is 1. The molecule has 112 valence electrons. The third-order valence-corrected chi connectivity index (χ3v) is 3.44. The summed E-state index contributed by atoms with van der Waals surface area (Å²) in [5, 5.41) is 9.17. The molecule has 1 unspecified atom stereocenters. The maximum absolute atomic E-state index is 11.2. The topological polar surface area (TPSA) is 55.8 Å². The van der Waals surface area contributed by atoms with E-state index in [2.05, 4.69) is 13.8 Å². The van der Waals surface area contributed by atoms with E-state index in [1.807, 2.05) is 0 Å². The third kappa shape index (κ3) is 4.76. The van der Waals surface area contributed by atoms with Gasteiger partial charge in [-0.15, -0.1) is 0 Å². The Morgan fingerprint density at radius 2 is 2.10 bits per heavy atom. The van der Waals surface area contributed by atoms with E-state index >= 15 is 0 Å². The maximum atomic E-state index is 11.2.